The lowest BCUT2D eigenvalue weighted by Gasteiger charge is -2.59. The Morgan fingerprint density at radius 2 is 1.55 bits per heavy atom. The number of rotatable bonds is 2. The van der Waals surface area contributed by atoms with Gasteiger partial charge >= 0.3 is 0 Å². The van der Waals surface area contributed by atoms with E-state index in [0.29, 0.717) is 5.56 Å². The molecule has 1 atom stereocenters. The Labute approximate surface area is 118 Å². The molecule has 4 aliphatic carbocycles. The zero-order valence-electron chi connectivity index (χ0n) is 11.6. The van der Waals surface area contributed by atoms with Gasteiger partial charge in [0.1, 0.15) is 11.6 Å². The van der Waals surface area contributed by atoms with E-state index >= 15 is 0 Å². The Bertz CT molecular complexity index is 505. The van der Waals surface area contributed by atoms with Gasteiger partial charge in [-0.3, -0.25) is 0 Å². The Morgan fingerprint density at radius 3 is 2.10 bits per heavy atom. The zero-order chi connectivity index (χ0) is 13.9. The van der Waals surface area contributed by atoms with Crippen LogP contribution in [0.3, 0.4) is 0 Å². The van der Waals surface area contributed by atoms with Gasteiger partial charge in [0.2, 0.25) is 0 Å². The molecule has 1 aromatic carbocycles. The molecule has 0 spiro atoms. The Kier molecular flexibility index (Phi) is 2.72. The maximum atomic E-state index is 14.1. The molecule has 0 radical (unpaired) electrons. The van der Waals surface area contributed by atoms with Gasteiger partial charge in [-0.25, -0.2) is 8.78 Å². The van der Waals surface area contributed by atoms with Crippen molar-refractivity contribution >= 4 is 0 Å². The van der Waals surface area contributed by atoms with Gasteiger partial charge in [-0.05, 0) is 79.9 Å². The van der Waals surface area contributed by atoms with Gasteiger partial charge < -0.3 is 5.73 Å². The largest absolute Gasteiger partial charge is 0.323 e. The lowest BCUT2D eigenvalue weighted by atomic mass is 9.47. The highest BCUT2D eigenvalue weighted by Crippen LogP contribution is 2.63. The summed E-state index contributed by atoms with van der Waals surface area (Å²) in [5, 5.41) is 0. The summed E-state index contributed by atoms with van der Waals surface area (Å²) in [5.41, 5.74) is 6.86. The highest BCUT2D eigenvalue weighted by Gasteiger charge is 2.53. The van der Waals surface area contributed by atoms with E-state index in [1.165, 1.54) is 37.5 Å². The molecule has 1 unspecified atom stereocenters. The molecule has 4 aliphatic rings. The third kappa shape index (κ3) is 1.82. The second kappa shape index (κ2) is 4.27. The van der Waals surface area contributed by atoms with Gasteiger partial charge in [-0.15, -0.1) is 0 Å². The van der Waals surface area contributed by atoms with E-state index in [1.807, 2.05) is 0 Å². The van der Waals surface area contributed by atoms with Crippen LogP contribution in [-0.4, -0.2) is 0 Å². The molecule has 20 heavy (non-hydrogen) atoms. The minimum absolute atomic E-state index is 0.0172. The number of hydrogen-bond acceptors (Lipinski definition) is 1. The van der Waals surface area contributed by atoms with Crippen LogP contribution in [0.25, 0.3) is 0 Å². The molecule has 4 fully saturated rings. The van der Waals surface area contributed by atoms with E-state index in [4.69, 9.17) is 5.73 Å². The van der Waals surface area contributed by atoms with Crippen molar-refractivity contribution in [3.8, 4) is 0 Å². The lowest BCUT2D eigenvalue weighted by molar-refractivity contribution is -0.0683. The summed E-state index contributed by atoms with van der Waals surface area (Å²) < 4.78 is 27.5. The number of halogens is 2. The summed E-state index contributed by atoms with van der Waals surface area (Å²) in [5.74, 6) is 1.56. The van der Waals surface area contributed by atoms with Crippen LogP contribution in [0.2, 0.25) is 0 Å². The smallest absolute Gasteiger partial charge is 0.128 e. The molecule has 4 bridgehead atoms. The molecule has 0 heterocycles. The van der Waals surface area contributed by atoms with Gasteiger partial charge in [0, 0.05) is 11.6 Å². The van der Waals surface area contributed by atoms with Crippen molar-refractivity contribution < 1.29 is 8.78 Å². The zero-order valence-corrected chi connectivity index (χ0v) is 11.6. The van der Waals surface area contributed by atoms with Crippen LogP contribution >= 0.6 is 0 Å². The van der Waals surface area contributed by atoms with Crippen LogP contribution in [0, 0.1) is 34.8 Å². The van der Waals surface area contributed by atoms with E-state index in [9.17, 15) is 8.78 Å². The van der Waals surface area contributed by atoms with Crippen LogP contribution in [-0.2, 0) is 0 Å². The Balaban J connectivity index is 1.71. The summed E-state index contributed by atoms with van der Waals surface area (Å²) in [6.07, 6.45) is 7.31. The molecule has 0 aromatic heterocycles. The maximum Gasteiger partial charge on any atom is 0.128 e. The summed E-state index contributed by atoms with van der Waals surface area (Å²) >= 11 is 0. The number of hydrogen-bond donors (Lipinski definition) is 1. The van der Waals surface area contributed by atoms with Gasteiger partial charge in [0.25, 0.3) is 0 Å². The van der Waals surface area contributed by atoms with E-state index in [1.54, 1.807) is 0 Å². The fourth-order valence-corrected chi connectivity index (χ4v) is 5.64. The van der Waals surface area contributed by atoms with Crippen LogP contribution in [0.15, 0.2) is 18.2 Å². The lowest BCUT2D eigenvalue weighted by Crippen LogP contribution is -2.51. The van der Waals surface area contributed by atoms with E-state index < -0.39 is 0 Å². The number of benzene rings is 1. The molecular weight excluding hydrogens is 256 g/mol. The second-order valence-corrected chi connectivity index (χ2v) is 7.42. The molecule has 3 heteroatoms. The molecule has 0 saturated heterocycles. The quantitative estimate of drug-likeness (QED) is 0.862. The summed E-state index contributed by atoms with van der Waals surface area (Å²) in [6.45, 7) is 0. The van der Waals surface area contributed by atoms with Crippen LogP contribution in [0.4, 0.5) is 8.78 Å². The first kappa shape index (κ1) is 12.8. The van der Waals surface area contributed by atoms with Crippen LogP contribution < -0.4 is 5.73 Å². The molecule has 0 aliphatic heterocycles. The first-order valence-corrected chi connectivity index (χ1v) is 7.76. The summed E-state index contributed by atoms with van der Waals surface area (Å²) in [7, 11) is 0. The molecule has 2 N–H and O–H groups in total. The van der Waals surface area contributed by atoms with Crippen molar-refractivity contribution in [3.05, 3.63) is 35.4 Å². The predicted octanol–water partition coefficient (Wildman–Crippen LogP) is 4.18. The maximum absolute atomic E-state index is 14.1. The van der Waals surface area contributed by atoms with Crippen molar-refractivity contribution in [2.24, 2.45) is 28.9 Å². The summed E-state index contributed by atoms with van der Waals surface area (Å²) in [4.78, 5) is 0. The molecule has 5 rings (SSSR count). The average Bonchev–Trinajstić information content (AvgIpc) is 2.39. The van der Waals surface area contributed by atoms with Gasteiger partial charge in [-0.2, -0.15) is 0 Å². The van der Waals surface area contributed by atoms with E-state index in [-0.39, 0.29) is 23.1 Å². The third-order valence-corrected chi connectivity index (χ3v) is 6.04. The molecular formula is C17H21F2N. The number of nitrogens with two attached hydrogens (primary N) is 1. The van der Waals surface area contributed by atoms with Crippen molar-refractivity contribution in [3.63, 3.8) is 0 Å². The van der Waals surface area contributed by atoms with Gasteiger partial charge in [0.05, 0.1) is 0 Å². The fourth-order valence-electron chi connectivity index (χ4n) is 5.64. The normalized spacial score (nSPS) is 40.0. The fraction of sp³-hybridized carbons (Fsp3) is 0.647. The topological polar surface area (TPSA) is 26.0 Å². The molecule has 1 aromatic rings. The van der Waals surface area contributed by atoms with Crippen LogP contribution in [0.1, 0.15) is 50.1 Å². The molecule has 0 amide bonds. The highest BCUT2D eigenvalue weighted by atomic mass is 19.1. The molecule has 108 valence electrons. The average molecular weight is 277 g/mol. The second-order valence-electron chi connectivity index (χ2n) is 7.42. The first-order chi connectivity index (χ1) is 9.56. The third-order valence-electron chi connectivity index (χ3n) is 6.04. The molecule has 1 nitrogen and oxygen atoms in total. The van der Waals surface area contributed by atoms with E-state index in [0.717, 1.165) is 37.0 Å². The molecule has 4 saturated carbocycles. The summed E-state index contributed by atoms with van der Waals surface area (Å²) in [6, 6.07) is 3.33. The Morgan fingerprint density at radius 1 is 1.00 bits per heavy atom. The monoisotopic (exact) mass is 277 g/mol. The predicted molar refractivity (Wildman–Crippen MR) is 73.9 cm³/mol. The van der Waals surface area contributed by atoms with Gasteiger partial charge in [0.15, 0.2) is 0 Å². The van der Waals surface area contributed by atoms with E-state index in [2.05, 4.69) is 0 Å². The Hall–Kier alpha value is -0.960. The van der Waals surface area contributed by atoms with Crippen molar-refractivity contribution in [1.29, 1.82) is 0 Å². The van der Waals surface area contributed by atoms with Gasteiger partial charge in [-0.1, -0.05) is 0 Å². The highest BCUT2D eigenvalue weighted by molar-refractivity contribution is 5.25. The minimum Gasteiger partial charge on any atom is -0.323 e. The van der Waals surface area contributed by atoms with Crippen LogP contribution in [0.5, 0.6) is 0 Å². The van der Waals surface area contributed by atoms with Crippen molar-refractivity contribution in [2.75, 3.05) is 0 Å². The van der Waals surface area contributed by atoms with Crippen molar-refractivity contribution in [2.45, 2.75) is 44.6 Å². The first-order valence-electron chi connectivity index (χ1n) is 7.76. The standard InChI is InChI=1S/C17H21F2N/c18-13-1-2-15(19)14(6-13)16(20)17-7-10-3-11(8-17)5-12(4-10)9-17/h1-2,6,10-12,16H,3-5,7-9,20H2. The van der Waals surface area contributed by atoms with Crippen molar-refractivity contribution in [1.82, 2.24) is 0 Å². The SMILES string of the molecule is NC(c1cc(F)ccc1F)C12CC3CC(CC(C3)C1)C2. The minimum atomic E-state index is -0.387.